The Morgan fingerprint density at radius 3 is 3.05 bits per heavy atom. The lowest BCUT2D eigenvalue weighted by molar-refractivity contribution is 0.0719. The van der Waals surface area contributed by atoms with Crippen LogP contribution >= 0.6 is 0 Å². The second-order valence-electron chi connectivity index (χ2n) is 5.88. The molecule has 1 aliphatic heterocycles. The zero-order valence-corrected chi connectivity index (χ0v) is 11.8. The number of carbonyl (C=O) groups is 1. The lowest BCUT2D eigenvalue weighted by Gasteiger charge is -2.24. The van der Waals surface area contributed by atoms with Crippen molar-refractivity contribution in [3.8, 4) is 0 Å². The number of amides is 1. The second kappa shape index (κ2) is 5.02. The minimum absolute atomic E-state index is 0.105. The molecule has 0 radical (unpaired) electrons. The number of carbonyl (C=O) groups excluding carboxylic acids is 1. The van der Waals surface area contributed by atoms with Gasteiger partial charge in [0.05, 0.1) is 24.4 Å². The molecule has 0 spiro atoms. The summed E-state index contributed by atoms with van der Waals surface area (Å²) < 4.78 is 7.33. The van der Waals surface area contributed by atoms with E-state index in [-0.39, 0.29) is 11.9 Å². The first-order valence-electron chi connectivity index (χ1n) is 7.53. The highest BCUT2D eigenvalue weighted by Crippen LogP contribution is 2.42. The van der Waals surface area contributed by atoms with Gasteiger partial charge in [0.2, 0.25) is 0 Å². The number of hydrogen-bond acceptors (Lipinski definition) is 4. The van der Waals surface area contributed by atoms with Gasteiger partial charge in [-0.15, -0.1) is 0 Å². The standard InChI is InChI=1S/C15H18N4O2/c20-15(13-5-7-21-14(13)11-3-4-11)19-6-1-2-12(19)8-18-10-16-9-17-18/h5,7,9-12H,1-4,6,8H2. The fourth-order valence-corrected chi connectivity index (χ4v) is 3.15. The van der Waals surface area contributed by atoms with Crippen molar-refractivity contribution >= 4 is 5.91 Å². The van der Waals surface area contributed by atoms with Crippen LogP contribution in [-0.4, -0.2) is 38.2 Å². The lowest BCUT2D eigenvalue weighted by atomic mass is 10.1. The molecule has 0 bridgehead atoms. The van der Waals surface area contributed by atoms with Gasteiger partial charge in [-0.25, -0.2) is 4.98 Å². The summed E-state index contributed by atoms with van der Waals surface area (Å²) in [5.74, 6) is 1.44. The van der Waals surface area contributed by atoms with Crippen LogP contribution in [0.4, 0.5) is 0 Å². The molecule has 6 heteroatoms. The second-order valence-corrected chi connectivity index (χ2v) is 5.88. The molecule has 2 fully saturated rings. The van der Waals surface area contributed by atoms with Crippen molar-refractivity contribution in [2.75, 3.05) is 6.54 Å². The highest BCUT2D eigenvalue weighted by atomic mass is 16.3. The molecule has 2 aromatic heterocycles. The Hall–Kier alpha value is -2.11. The summed E-state index contributed by atoms with van der Waals surface area (Å²) in [6, 6.07) is 2.02. The Kier molecular flexibility index (Phi) is 3.02. The first kappa shape index (κ1) is 12.6. The van der Waals surface area contributed by atoms with E-state index in [9.17, 15) is 4.79 Å². The number of likely N-dealkylation sites (tertiary alicyclic amines) is 1. The monoisotopic (exact) mass is 286 g/mol. The zero-order chi connectivity index (χ0) is 14.2. The van der Waals surface area contributed by atoms with Crippen LogP contribution in [0, 0.1) is 0 Å². The third-order valence-corrected chi connectivity index (χ3v) is 4.38. The molecular weight excluding hydrogens is 268 g/mol. The van der Waals surface area contributed by atoms with Crippen LogP contribution < -0.4 is 0 Å². The largest absolute Gasteiger partial charge is 0.468 e. The van der Waals surface area contributed by atoms with Gasteiger partial charge in [-0.3, -0.25) is 9.48 Å². The molecular formula is C15H18N4O2. The number of nitrogens with zero attached hydrogens (tertiary/aromatic N) is 4. The summed E-state index contributed by atoms with van der Waals surface area (Å²) in [5.41, 5.74) is 0.753. The summed E-state index contributed by atoms with van der Waals surface area (Å²) in [5, 5.41) is 4.14. The maximum atomic E-state index is 12.8. The minimum atomic E-state index is 0.105. The molecule has 0 N–H and O–H groups in total. The maximum Gasteiger partial charge on any atom is 0.257 e. The molecule has 1 saturated carbocycles. The van der Waals surface area contributed by atoms with E-state index in [1.165, 1.54) is 6.33 Å². The third-order valence-electron chi connectivity index (χ3n) is 4.38. The van der Waals surface area contributed by atoms with Crippen LogP contribution in [-0.2, 0) is 6.54 Å². The summed E-state index contributed by atoms with van der Waals surface area (Å²) in [4.78, 5) is 18.8. The molecule has 6 nitrogen and oxygen atoms in total. The molecule has 4 rings (SSSR count). The highest BCUT2D eigenvalue weighted by Gasteiger charge is 2.36. The summed E-state index contributed by atoms with van der Waals surface area (Å²) >= 11 is 0. The topological polar surface area (TPSA) is 64.2 Å². The SMILES string of the molecule is O=C(c1ccoc1C1CC1)N1CCCC1Cn1cncn1. The normalized spacial score (nSPS) is 21.9. The number of furan rings is 1. The molecule has 1 amide bonds. The van der Waals surface area contributed by atoms with Gasteiger partial charge in [0.1, 0.15) is 18.4 Å². The van der Waals surface area contributed by atoms with E-state index in [4.69, 9.17) is 4.42 Å². The van der Waals surface area contributed by atoms with Crippen molar-refractivity contribution in [3.05, 3.63) is 36.3 Å². The Morgan fingerprint density at radius 1 is 1.38 bits per heavy atom. The van der Waals surface area contributed by atoms with Gasteiger partial charge in [0.25, 0.3) is 5.91 Å². The molecule has 3 heterocycles. The number of rotatable bonds is 4. The van der Waals surface area contributed by atoms with Gasteiger partial charge in [-0.2, -0.15) is 5.10 Å². The van der Waals surface area contributed by atoms with Gasteiger partial charge >= 0.3 is 0 Å². The third kappa shape index (κ3) is 2.34. The molecule has 1 saturated heterocycles. The molecule has 1 atom stereocenters. The lowest BCUT2D eigenvalue weighted by Crippen LogP contribution is -2.38. The molecule has 2 aliphatic rings. The van der Waals surface area contributed by atoms with E-state index in [0.29, 0.717) is 12.5 Å². The highest BCUT2D eigenvalue weighted by molar-refractivity contribution is 5.95. The van der Waals surface area contributed by atoms with Gasteiger partial charge < -0.3 is 9.32 Å². The number of hydrogen-bond donors (Lipinski definition) is 0. The summed E-state index contributed by atoms with van der Waals surface area (Å²) in [6.45, 7) is 1.52. The first-order chi connectivity index (χ1) is 10.3. The maximum absolute atomic E-state index is 12.8. The Morgan fingerprint density at radius 2 is 2.29 bits per heavy atom. The van der Waals surface area contributed by atoms with E-state index in [1.54, 1.807) is 17.3 Å². The van der Waals surface area contributed by atoms with Gasteiger partial charge in [-0.1, -0.05) is 0 Å². The van der Waals surface area contributed by atoms with Crippen LogP contribution in [0.3, 0.4) is 0 Å². The van der Waals surface area contributed by atoms with Crippen molar-refractivity contribution in [1.29, 1.82) is 0 Å². The van der Waals surface area contributed by atoms with Gasteiger partial charge in [0.15, 0.2) is 0 Å². The molecule has 21 heavy (non-hydrogen) atoms. The van der Waals surface area contributed by atoms with E-state index >= 15 is 0 Å². The van der Waals surface area contributed by atoms with Crippen molar-refractivity contribution < 1.29 is 9.21 Å². The molecule has 110 valence electrons. The molecule has 1 aliphatic carbocycles. The quantitative estimate of drug-likeness (QED) is 0.863. The molecule has 0 aromatic carbocycles. The van der Waals surface area contributed by atoms with Crippen molar-refractivity contribution in [1.82, 2.24) is 19.7 Å². The fraction of sp³-hybridized carbons (Fsp3) is 0.533. The van der Waals surface area contributed by atoms with Crippen LogP contribution in [0.25, 0.3) is 0 Å². The average Bonchev–Trinajstić information content (AvgIpc) is 2.96. The molecule has 1 unspecified atom stereocenters. The van der Waals surface area contributed by atoms with E-state index < -0.39 is 0 Å². The summed E-state index contributed by atoms with van der Waals surface area (Å²) in [6.07, 6.45) is 9.20. The van der Waals surface area contributed by atoms with Crippen LogP contribution in [0.5, 0.6) is 0 Å². The van der Waals surface area contributed by atoms with Crippen molar-refractivity contribution in [3.63, 3.8) is 0 Å². The van der Waals surface area contributed by atoms with Crippen LogP contribution in [0.1, 0.15) is 47.7 Å². The van der Waals surface area contributed by atoms with Gasteiger partial charge in [-0.05, 0) is 31.7 Å². The molecule has 2 aromatic rings. The first-order valence-corrected chi connectivity index (χ1v) is 7.53. The van der Waals surface area contributed by atoms with E-state index in [1.807, 2.05) is 11.0 Å². The number of aromatic nitrogens is 3. The van der Waals surface area contributed by atoms with Crippen LogP contribution in [0.15, 0.2) is 29.4 Å². The zero-order valence-electron chi connectivity index (χ0n) is 11.8. The predicted octanol–water partition coefficient (Wildman–Crippen LogP) is 2.05. The summed E-state index contributed by atoms with van der Waals surface area (Å²) in [7, 11) is 0. The minimum Gasteiger partial charge on any atom is -0.468 e. The van der Waals surface area contributed by atoms with Gasteiger partial charge in [0, 0.05) is 12.5 Å². The predicted molar refractivity (Wildman–Crippen MR) is 74.8 cm³/mol. The fourth-order valence-electron chi connectivity index (χ4n) is 3.15. The average molecular weight is 286 g/mol. The Labute approximate surface area is 122 Å². The smallest absolute Gasteiger partial charge is 0.257 e. The Balaban J connectivity index is 1.53. The van der Waals surface area contributed by atoms with Crippen molar-refractivity contribution in [2.24, 2.45) is 0 Å². The Bertz CT molecular complexity index is 630. The van der Waals surface area contributed by atoms with Crippen LogP contribution in [0.2, 0.25) is 0 Å². The van der Waals surface area contributed by atoms with E-state index in [0.717, 1.165) is 43.6 Å². The van der Waals surface area contributed by atoms with Crippen molar-refractivity contribution in [2.45, 2.75) is 44.2 Å². The van der Waals surface area contributed by atoms with E-state index in [2.05, 4.69) is 10.1 Å².